The quantitative estimate of drug-likeness (QED) is 0.176. The first-order chi connectivity index (χ1) is 28.8. The molecule has 4 nitrogen and oxygen atoms in total. The number of para-hydroxylation sites is 1. The van der Waals surface area contributed by atoms with Crippen LogP contribution < -0.4 is 0 Å². The highest BCUT2D eigenvalue weighted by Gasteiger charge is 2.22. The Labute approximate surface area is 338 Å². The van der Waals surface area contributed by atoms with Crippen LogP contribution in [-0.2, 0) is 0 Å². The minimum Gasteiger partial charge on any atom is -0.309 e. The first kappa shape index (κ1) is 32.7. The maximum absolute atomic E-state index is 5.34. The molecule has 58 heavy (non-hydrogen) atoms. The molecule has 8 aromatic carbocycles. The van der Waals surface area contributed by atoms with Gasteiger partial charge in [-0.2, -0.15) is 0 Å². The molecular formula is C53H32N4S. The lowest BCUT2D eigenvalue weighted by molar-refractivity contribution is 1.17. The summed E-state index contributed by atoms with van der Waals surface area (Å²) in [6.45, 7) is 0. The van der Waals surface area contributed by atoms with E-state index in [4.69, 9.17) is 15.0 Å². The highest BCUT2D eigenvalue weighted by atomic mass is 32.1. The van der Waals surface area contributed by atoms with E-state index >= 15 is 0 Å². The summed E-state index contributed by atoms with van der Waals surface area (Å²) in [7, 11) is 0. The van der Waals surface area contributed by atoms with E-state index < -0.39 is 0 Å². The van der Waals surface area contributed by atoms with Crippen LogP contribution in [0.1, 0.15) is 0 Å². The fourth-order valence-electron chi connectivity index (χ4n) is 8.82. The minimum absolute atomic E-state index is 0.638. The Bertz CT molecular complexity index is 3490. The Balaban J connectivity index is 1.05. The van der Waals surface area contributed by atoms with Gasteiger partial charge in [0.05, 0.1) is 16.7 Å². The molecule has 0 bridgehead atoms. The van der Waals surface area contributed by atoms with Crippen LogP contribution in [0, 0.1) is 0 Å². The van der Waals surface area contributed by atoms with Crippen molar-refractivity contribution < 1.29 is 0 Å². The van der Waals surface area contributed by atoms with Gasteiger partial charge < -0.3 is 4.57 Å². The molecule has 0 spiro atoms. The highest BCUT2D eigenvalue weighted by molar-refractivity contribution is 7.27. The number of fused-ring (bicyclic) bond motifs is 11. The molecule has 0 atom stereocenters. The normalized spacial score (nSPS) is 11.8. The second-order valence-electron chi connectivity index (χ2n) is 14.8. The third-order valence-electron chi connectivity index (χ3n) is 11.4. The molecule has 270 valence electrons. The van der Waals surface area contributed by atoms with Gasteiger partial charge in [0.2, 0.25) is 0 Å². The highest BCUT2D eigenvalue weighted by Crippen LogP contribution is 2.48. The lowest BCUT2D eigenvalue weighted by Gasteiger charge is -2.14. The van der Waals surface area contributed by atoms with Gasteiger partial charge >= 0.3 is 0 Å². The predicted molar refractivity (Wildman–Crippen MR) is 244 cm³/mol. The van der Waals surface area contributed by atoms with Gasteiger partial charge in [0.25, 0.3) is 0 Å². The maximum atomic E-state index is 5.34. The zero-order valence-corrected chi connectivity index (χ0v) is 32.0. The number of aromatic nitrogens is 4. The van der Waals surface area contributed by atoms with E-state index in [0.29, 0.717) is 11.5 Å². The van der Waals surface area contributed by atoms with Gasteiger partial charge in [-0.25, -0.2) is 15.0 Å². The van der Waals surface area contributed by atoms with Crippen molar-refractivity contribution in [2.45, 2.75) is 0 Å². The molecule has 0 saturated heterocycles. The van der Waals surface area contributed by atoms with Crippen LogP contribution in [0.25, 0.3) is 114 Å². The largest absolute Gasteiger partial charge is 0.309 e. The Morgan fingerprint density at radius 1 is 0.414 bits per heavy atom. The van der Waals surface area contributed by atoms with Crippen LogP contribution >= 0.6 is 11.3 Å². The van der Waals surface area contributed by atoms with Gasteiger partial charge in [-0.05, 0) is 94.4 Å². The Kier molecular flexibility index (Phi) is 7.37. The third kappa shape index (κ3) is 5.11. The fourth-order valence-corrected chi connectivity index (χ4v) is 10.1. The number of pyridine rings is 1. The topological polar surface area (TPSA) is 43.6 Å². The number of hydrogen-bond donors (Lipinski definition) is 0. The molecule has 0 aliphatic heterocycles. The second kappa shape index (κ2) is 13.1. The SMILES string of the molecule is c1ccc(-c2cc(-c3ccccc3)cc(-c3nc(-c4ccc(-n5c6ccccc6c6c7sc8ccccc8c7c7ccccc7c65)cc4)nc4ncccc34)c2)cc1. The van der Waals surface area contributed by atoms with Crippen LogP contribution in [0.15, 0.2) is 194 Å². The zero-order valence-electron chi connectivity index (χ0n) is 31.2. The number of nitrogens with zero attached hydrogens (tertiary/aromatic N) is 4. The Morgan fingerprint density at radius 2 is 1.02 bits per heavy atom. The van der Waals surface area contributed by atoms with Gasteiger partial charge in [-0.3, -0.25) is 0 Å². The monoisotopic (exact) mass is 756 g/mol. The molecule has 0 aliphatic rings. The first-order valence-corrected chi connectivity index (χ1v) is 20.3. The number of benzene rings is 8. The van der Waals surface area contributed by atoms with E-state index in [0.717, 1.165) is 50.1 Å². The molecule has 0 radical (unpaired) electrons. The van der Waals surface area contributed by atoms with Crippen molar-refractivity contribution >= 4 is 75.1 Å². The van der Waals surface area contributed by atoms with Crippen LogP contribution in [0.5, 0.6) is 0 Å². The molecule has 4 heterocycles. The van der Waals surface area contributed by atoms with Gasteiger partial charge in [0.1, 0.15) is 0 Å². The van der Waals surface area contributed by atoms with Gasteiger partial charge in [0, 0.05) is 64.7 Å². The molecule has 0 amide bonds. The van der Waals surface area contributed by atoms with E-state index in [9.17, 15) is 0 Å². The average molecular weight is 757 g/mol. The molecule has 0 fully saturated rings. The molecule has 0 unspecified atom stereocenters. The van der Waals surface area contributed by atoms with Crippen molar-refractivity contribution in [2.75, 3.05) is 0 Å². The maximum Gasteiger partial charge on any atom is 0.163 e. The molecule has 5 heteroatoms. The Hall–Kier alpha value is -7.47. The van der Waals surface area contributed by atoms with Crippen molar-refractivity contribution in [3.63, 3.8) is 0 Å². The predicted octanol–water partition coefficient (Wildman–Crippen LogP) is 14.3. The van der Waals surface area contributed by atoms with E-state index in [1.165, 1.54) is 52.8 Å². The van der Waals surface area contributed by atoms with Crippen molar-refractivity contribution in [3.8, 4) is 50.6 Å². The zero-order chi connectivity index (χ0) is 38.2. The molecular weight excluding hydrogens is 725 g/mol. The van der Waals surface area contributed by atoms with Gasteiger partial charge in [-0.15, -0.1) is 11.3 Å². The fraction of sp³-hybridized carbons (Fsp3) is 0. The van der Waals surface area contributed by atoms with Crippen LogP contribution in [0.2, 0.25) is 0 Å². The molecule has 4 aromatic heterocycles. The van der Waals surface area contributed by atoms with E-state index in [2.05, 4.69) is 187 Å². The third-order valence-corrected chi connectivity index (χ3v) is 12.6. The van der Waals surface area contributed by atoms with Crippen LogP contribution in [-0.4, -0.2) is 19.5 Å². The summed E-state index contributed by atoms with van der Waals surface area (Å²) in [5.74, 6) is 0.638. The summed E-state index contributed by atoms with van der Waals surface area (Å²) < 4.78 is 5.08. The van der Waals surface area contributed by atoms with Crippen LogP contribution in [0.4, 0.5) is 0 Å². The number of rotatable bonds is 5. The second-order valence-corrected chi connectivity index (χ2v) is 15.8. The standard InChI is InChI=1S/C53H32N4S/c1-3-14-33(15-4-1)36-30-37(34-16-5-2-6-17-34)32-38(31-36)49-44-22-13-29-54-53(44)56-52(55-49)35-25-27-39(28-26-35)57-45-23-11-9-20-42(45)48-50(57)41-19-8-7-18-40(41)47-43-21-10-12-24-46(43)58-51(47)48/h1-32H. The van der Waals surface area contributed by atoms with Crippen molar-refractivity contribution in [3.05, 3.63) is 194 Å². The number of thiophene rings is 1. The molecule has 12 aromatic rings. The van der Waals surface area contributed by atoms with E-state index in [1.54, 1.807) is 0 Å². The summed E-state index contributed by atoms with van der Waals surface area (Å²) in [5.41, 5.74) is 11.5. The van der Waals surface area contributed by atoms with E-state index in [-0.39, 0.29) is 0 Å². The number of hydrogen-bond acceptors (Lipinski definition) is 4. The van der Waals surface area contributed by atoms with Crippen LogP contribution in [0.3, 0.4) is 0 Å². The summed E-state index contributed by atoms with van der Waals surface area (Å²) in [4.78, 5) is 15.2. The lowest BCUT2D eigenvalue weighted by Crippen LogP contribution is -1.98. The van der Waals surface area contributed by atoms with Crippen molar-refractivity contribution in [2.24, 2.45) is 0 Å². The lowest BCUT2D eigenvalue weighted by atomic mass is 9.94. The average Bonchev–Trinajstić information content (AvgIpc) is 3.86. The first-order valence-electron chi connectivity index (χ1n) is 19.5. The van der Waals surface area contributed by atoms with Crippen molar-refractivity contribution in [1.29, 1.82) is 0 Å². The van der Waals surface area contributed by atoms with E-state index in [1.807, 2.05) is 23.6 Å². The summed E-state index contributed by atoms with van der Waals surface area (Å²) in [5, 5.41) is 8.64. The minimum atomic E-state index is 0.638. The molecule has 0 saturated carbocycles. The van der Waals surface area contributed by atoms with Gasteiger partial charge in [0.15, 0.2) is 11.5 Å². The molecule has 12 rings (SSSR count). The molecule has 0 aliphatic carbocycles. The smallest absolute Gasteiger partial charge is 0.163 e. The summed E-state index contributed by atoms with van der Waals surface area (Å²) in [6, 6.07) is 67.1. The Morgan fingerprint density at radius 3 is 1.76 bits per heavy atom. The van der Waals surface area contributed by atoms with Gasteiger partial charge in [-0.1, -0.05) is 121 Å². The van der Waals surface area contributed by atoms with Crippen molar-refractivity contribution in [1.82, 2.24) is 19.5 Å². The molecule has 0 N–H and O–H groups in total. The summed E-state index contributed by atoms with van der Waals surface area (Å²) in [6.07, 6.45) is 1.81. The summed E-state index contributed by atoms with van der Waals surface area (Å²) >= 11 is 1.89.